The van der Waals surface area contributed by atoms with Crippen molar-refractivity contribution in [3.05, 3.63) is 0 Å². The van der Waals surface area contributed by atoms with Gasteiger partial charge in [-0.05, 0) is 12.8 Å². The van der Waals surface area contributed by atoms with Crippen molar-refractivity contribution < 1.29 is 9.53 Å². The molecule has 6 heteroatoms. The van der Waals surface area contributed by atoms with Crippen LogP contribution in [-0.4, -0.2) is 74.3 Å². The number of thioether (sulfide) groups is 1. The van der Waals surface area contributed by atoms with E-state index in [0.29, 0.717) is 13.2 Å². The minimum Gasteiger partial charge on any atom is -0.383 e. The molecule has 1 aliphatic heterocycles. The highest BCUT2D eigenvalue weighted by molar-refractivity contribution is 7.99. The quantitative estimate of drug-likeness (QED) is 0.653. The number of carbonyl (C=O) groups is 1. The average molecular weight is 330 g/mol. The molecule has 1 amide bonds. The number of amides is 1. The van der Waals surface area contributed by atoms with Crippen LogP contribution >= 0.6 is 11.8 Å². The van der Waals surface area contributed by atoms with Crippen LogP contribution in [-0.2, 0) is 9.53 Å². The predicted octanol–water partition coefficient (Wildman–Crippen LogP) is 1.09. The Labute approximate surface area is 138 Å². The first-order valence-electron chi connectivity index (χ1n) is 8.56. The van der Waals surface area contributed by atoms with E-state index in [0.717, 1.165) is 13.1 Å². The molecule has 1 saturated heterocycles. The van der Waals surface area contributed by atoms with Gasteiger partial charge in [-0.1, -0.05) is 19.3 Å². The lowest BCUT2D eigenvalue weighted by Gasteiger charge is -2.48. The highest BCUT2D eigenvalue weighted by Crippen LogP contribution is 2.34. The molecule has 0 radical (unpaired) electrons. The smallest absolute Gasteiger partial charge is 0.234 e. The molecule has 0 unspecified atom stereocenters. The number of nitrogens with one attached hydrogen (secondary N) is 2. The standard InChI is InChI=1S/C16H31N3O2S/c1-21-10-7-17-13-15(20)18-14-16(5-3-2-4-6-16)19-8-11-22-12-9-19/h17H,2-14H2,1H3,(H,18,20). The molecule has 22 heavy (non-hydrogen) atoms. The van der Waals surface area contributed by atoms with Crippen LogP contribution < -0.4 is 10.6 Å². The molecule has 1 aliphatic carbocycles. The molecule has 0 aromatic heterocycles. The summed E-state index contributed by atoms with van der Waals surface area (Å²) in [5, 5.41) is 6.29. The third-order valence-electron chi connectivity index (χ3n) is 4.85. The van der Waals surface area contributed by atoms with Crippen molar-refractivity contribution in [2.45, 2.75) is 37.6 Å². The Balaban J connectivity index is 1.80. The second-order valence-electron chi connectivity index (χ2n) is 6.33. The molecule has 2 N–H and O–H groups in total. The molecule has 0 atom stereocenters. The van der Waals surface area contributed by atoms with Gasteiger partial charge in [0, 0.05) is 50.3 Å². The summed E-state index contributed by atoms with van der Waals surface area (Å²) in [4.78, 5) is 14.7. The zero-order valence-electron chi connectivity index (χ0n) is 13.9. The van der Waals surface area contributed by atoms with E-state index in [1.807, 2.05) is 0 Å². The minimum absolute atomic E-state index is 0.104. The summed E-state index contributed by atoms with van der Waals surface area (Å²) in [5.41, 5.74) is 0.210. The highest BCUT2D eigenvalue weighted by atomic mass is 32.2. The number of hydrogen-bond acceptors (Lipinski definition) is 5. The normalized spacial score (nSPS) is 22.4. The van der Waals surface area contributed by atoms with Crippen LogP contribution in [0.2, 0.25) is 0 Å². The molecule has 5 nitrogen and oxygen atoms in total. The van der Waals surface area contributed by atoms with Gasteiger partial charge in [-0.2, -0.15) is 11.8 Å². The van der Waals surface area contributed by atoms with Gasteiger partial charge in [-0.25, -0.2) is 0 Å². The van der Waals surface area contributed by atoms with Crippen LogP contribution in [0.4, 0.5) is 0 Å². The van der Waals surface area contributed by atoms with Crippen LogP contribution in [0.15, 0.2) is 0 Å². The van der Waals surface area contributed by atoms with Crippen molar-refractivity contribution >= 4 is 17.7 Å². The summed E-state index contributed by atoms with van der Waals surface area (Å²) in [6.45, 7) is 4.90. The molecule has 128 valence electrons. The SMILES string of the molecule is COCCNCC(=O)NCC1(N2CCSCC2)CCCCC1. The van der Waals surface area contributed by atoms with Crippen molar-refractivity contribution in [3.8, 4) is 0 Å². The van der Waals surface area contributed by atoms with Gasteiger partial charge in [0.25, 0.3) is 0 Å². The Hall–Kier alpha value is -0.300. The Morgan fingerprint density at radius 2 is 1.95 bits per heavy atom. The highest BCUT2D eigenvalue weighted by Gasteiger charge is 2.38. The number of nitrogens with zero attached hydrogens (tertiary/aromatic N) is 1. The second-order valence-corrected chi connectivity index (χ2v) is 7.56. The van der Waals surface area contributed by atoms with Gasteiger partial charge in [0.15, 0.2) is 0 Å². The van der Waals surface area contributed by atoms with Gasteiger partial charge in [0.1, 0.15) is 0 Å². The van der Waals surface area contributed by atoms with Crippen molar-refractivity contribution in [1.29, 1.82) is 0 Å². The number of methoxy groups -OCH3 is 1. The molecule has 0 aromatic carbocycles. The van der Waals surface area contributed by atoms with E-state index < -0.39 is 0 Å². The molecule has 2 rings (SSSR count). The summed E-state index contributed by atoms with van der Waals surface area (Å²) in [5.74, 6) is 2.56. The van der Waals surface area contributed by atoms with Gasteiger partial charge in [-0.3, -0.25) is 9.69 Å². The minimum atomic E-state index is 0.104. The molecule has 0 aromatic rings. The topological polar surface area (TPSA) is 53.6 Å². The number of rotatable bonds is 8. The van der Waals surface area contributed by atoms with E-state index >= 15 is 0 Å². The second kappa shape index (κ2) is 9.75. The Morgan fingerprint density at radius 1 is 1.23 bits per heavy atom. The summed E-state index contributed by atoms with van der Waals surface area (Å²) in [7, 11) is 1.67. The zero-order valence-corrected chi connectivity index (χ0v) is 14.7. The maximum absolute atomic E-state index is 12.0. The summed E-state index contributed by atoms with van der Waals surface area (Å²) < 4.78 is 4.97. The van der Waals surface area contributed by atoms with Crippen molar-refractivity contribution in [2.75, 3.05) is 57.9 Å². The van der Waals surface area contributed by atoms with Gasteiger partial charge >= 0.3 is 0 Å². The zero-order chi connectivity index (χ0) is 15.7. The lowest BCUT2D eigenvalue weighted by molar-refractivity contribution is -0.121. The lowest BCUT2D eigenvalue weighted by Crippen LogP contribution is -2.59. The maximum Gasteiger partial charge on any atom is 0.234 e. The summed E-state index contributed by atoms with van der Waals surface area (Å²) >= 11 is 2.05. The fourth-order valence-corrected chi connectivity index (χ4v) is 4.46. The van der Waals surface area contributed by atoms with Crippen LogP contribution in [0.1, 0.15) is 32.1 Å². The molecule has 1 heterocycles. The Morgan fingerprint density at radius 3 is 2.64 bits per heavy atom. The van der Waals surface area contributed by atoms with E-state index in [1.165, 1.54) is 56.7 Å². The van der Waals surface area contributed by atoms with E-state index in [9.17, 15) is 4.79 Å². The average Bonchev–Trinajstić information content (AvgIpc) is 2.58. The first kappa shape index (κ1) is 18.0. The number of hydrogen-bond donors (Lipinski definition) is 2. The van der Waals surface area contributed by atoms with Crippen LogP contribution in [0.3, 0.4) is 0 Å². The molecular formula is C16H31N3O2S. The first-order valence-corrected chi connectivity index (χ1v) is 9.71. The van der Waals surface area contributed by atoms with Crippen LogP contribution in [0.25, 0.3) is 0 Å². The molecule has 2 fully saturated rings. The lowest BCUT2D eigenvalue weighted by atomic mass is 9.80. The van der Waals surface area contributed by atoms with E-state index in [1.54, 1.807) is 7.11 Å². The van der Waals surface area contributed by atoms with E-state index in [2.05, 4.69) is 27.3 Å². The van der Waals surface area contributed by atoms with E-state index in [4.69, 9.17) is 4.74 Å². The molecule has 1 saturated carbocycles. The third kappa shape index (κ3) is 5.41. The number of ether oxygens (including phenoxy) is 1. The first-order chi connectivity index (χ1) is 10.8. The van der Waals surface area contributed by atoms with Gasteiger partial charge < -0.3 is 15.4 Å². The molecule has 2 aliphatic rings. The third-order valence-corrected chi connectivity index (χ3v) is 5.79. The Kier molecular flexibility index (Phi) is 8.00. The fourth-order valence-electron chi connectivity index (χ4n) is 3.55. The van der Waals surface area contributed by atoms with Gasteiger partial charge in [0.05, 0.1) is 13.2 Å². The van der Waals surface area contributed by atoms with Crippen LogP contribution in [0.5, 0.6) is 0 Å². The Bertz CT molecular complexity index is 329. The van der Waals surface area contributed by atoms with Crippen LogP contribution in [0, 0.1) is 0 Å². The maximum atomic E-state index is 12.0. The molecule has 0 spiro atoms. The predicted molar refractivity (Wildman–Crippen MR) is 92.5 cm³/mol. The summed E-state index contributed by atoms with van der Waals surface area (Å²) in [6, 6.07) is 0. The summed E-state index contributed by atoms with van der Waals surface area (Å²) in [6.07, 6.45) is 6.40. The van der Waals surface area contributed by atoms with Crippen molar-refractivity contribution in [1.82, 2.24) is 15.5 Å². The van der Waals surface area contributed by atoms with Crippen molar-refractivity contribution in [3.63, 3.8) is 0 Å². The number of carbonyl (C=O) groups excluding carboxylic acids is 1. The largest absolute Gasteiger partial charge is 0.383 e. The van der Waals surface area contributed by atoms with Crippen molar-refractivity contribution in [2.24, 2.45) is 0 Å². The molecular weight excluding hydrogens is 298 g/mol. The van der Waals surface area contributed by atoms with Gasteiger partial charge in [0.2, 0.25) is 5.91 Å². The molecule has 0 bridgehead atoms. The fraction of sp³-hybridized carbons (Fsp3) is 0.938. The van der Waals surface area contributed by atoms with Gasteiger partial charge in [-0.15, -0.1) is 0 Å². The monoisotopic (exact) mass is 329 g/mol. The van der Waals surface area contributed by atoms with E-state index in [-0.39, 0.29) is 11.4 Å².